The van der Waals surface area contributed by atoms with Crippen molar-refractivity contribution < 1.29 is 83.7 Å². The standard InChI is InChI=1S/C17H12O5.2Na/c18-15(12-6-8-14(9-7-12)17(21)22)10-3-11-1-4-13(5-2-11)16(19)20;;/h1-10H,(H,19,20)(H,21,22);;/q;2*+1/p-2. The average molecular weight is 340 g/mol. The number of rotatable bonds is 5. The molecule has 110 valence electrons. The second-order valence-corrected chi connectivity index (χ2v) is 4.47. The molecule has 0 bridgehead atoms. The molecule has 2 aromatic rings. The molecular weight excluding hydrogens is 330 g/mol. The minimum absolute atomic E-state index is 0. The predicted molar refractivity (Wildman–Crippen MR) is 74.9 cm³/mol. The maximum Gasteiger partial charge on any atom is 1.00 e. The summed E-state index contributed by atoms with van der Waals surface area (Å²) in [4.78, 5) is 33.1. The fourth-order valence-corrected chi connectivity index (χ4v) is 1.77. The minimum Gasteiger partial charge on any atom is -0.545 e. The molecule has 24 heavy (non-hydrogen) atoms. The Morgan fingerprint density at radius 1 is 0.667 bits per heavy atom. The normalized spacial score (nSPS) is 9.67. The first kappa shape index (κ1) is 22.8. The molecule has 0 aliphatic heterocycles. The molecule has 0 N–H and O–H groups in total. The van der Waals surface area contributed by atoms with E-state index in [0.29, 0.717) is 11.1 Å². The van der Waals surface area contributed by atoms with E-state index >= 15 is 0 Å². The van der Waals surface area contributed by atoms with Crippen LogP contribution in [0.15, 0.2) is 54.6 Å². The van der Waals surface area contributed by atoms with Crippen molar-refractivity contribution in [2.75, 3.05) is 0 Å². The molecule has 0 saturated carbocycles. The van der Waals surface area contributed by atoms with Crippen LogP contribution < -0.4 is 69.3 Å². The molecule has 0 heterocycles. The van der Waals surface area contributed by atoms with Gasteiger partial charge in [-0.15, -0.1) is 0 Å². The van der Waals surface area contributed by atoms with Gasteiger partial charge in [-0.2, -0.15) is 0 Å². The number of allylic oxidation sites excluding steroid dienone is 1. The van der Waals surface area contributed by atoms with E-state index in [1.807, 2.05) is 0 Å². The van der Waals surface area contributed by atoms with Gasteiger partial charge in [-0.3, -0.25) is 4.79 Å². The van der Waals surface area contributed by atoms with Crippen LogP contribution in [0.2, 0.25) is 0 Å². The summed E-state index contributed by atoms with van der Waals surface area (Å²) in [7, 11) is 0. The monoisotopic (exact) mass is 340 g/mol. The van der Waals surface area contributed by atoms with E-state index in [9.17, 15) is 24.6 Å². The Bertz CT molecular complexity index is 750. The van der Waals surface area contributed by atoms with Crippen molar-refractivity contribution in [1.82, 2.24) is 0 Å². The summed E-state index contributed by atoms with van der Waals surface area (Å²) in [6.45, 7) is 0. The molecule has 5 nitrogen and oxygen atoms in total. The van der Waals surface area contributed by atoms with Gasteiger partial charge in [0.2, 0.25) is 0 Å². The third-order valence-corrected chi connectivity index (χ3v) is 2.98. The summed E-state index contributed by atoms with van der Waals surface area (Å²) >= 11 is 0. The number of ketones is 1. The third-order valence-electron chi connectivity index (χ3n) is 2.98. The number of carbonyl (C=O) groups excluding carboxylic acids is 3. The molecule has 0 radical (unpaired) electrons. The number of aromatic carboxylic acids is 2. The van der Waals surface area contributed by atoms with Crippen molar-refractivity contribution in [1.29, 1.82) is 0 Å². The van der Waals surface area contributed by atoms with Gasteiger partial charge in [0, 0.05) is 5.56 Å². The van der Waals surface area contributed by atoms with E-state index in [4.69, 9.17) is 0 Å². The van der Waals surface area contributed by atoms with Gasteiger partial charge in [-0.1, -0.05) is 54.6 Å². The molecule has 0 saturated heterocycles. The maximum atomic E-state index is 11.9. The number of hydrogen-bond donors (Lipinski definition) is 0. The van der Waals surface area contributed by atoms with Crippen molar-refractivity contribution in [3.8, 4) is 0 Å². The van der Waals surface area contributed by atoms with E-state index in [-0.39, 0.29) is 76.0 Å². The summed E-state index contributed by atoms with van der Waals surface area (Å²) in [6.07, 6.45) is 2.86. The molecule has 2 aromatic carbocycles. The van der Waals surface area contributed by atoms with E-state index in [1.165, 1.54) is 48.6 Å². The van der Waals surface area contributed by atoms with Crippen LogP contribution >= 0.6 is 0 Å². The number of hydrogen-bond acceptors (Lipinski definition) is 5. The first-order valence-electron chi connectivity index (χ1n) is 6.32. The first-order chi connectivity index (χ1) is 10.5. The van der Waals surface area contributed by atoms with Gasteiger partial charge in [0.1, 0.15) is 0 Å². The smallest absolute Gasteiger partial charge is 0.545 e. The average Bonchev–Trinajstić information content (AvgIpc) is 2.53. The summed E-state index contributed by atoms with van der Waals surface area (Å²) in [5.41, 5.74) is 1.05. The van der Waals surface area contributed by atoms with Crippen molar-refractivity contribution in [2.45, 2.75) is 0 Å². The van der Waals surface area contributed by atoms with Gasteiger partial charge in [0.25, 0.3) is 0 Å². The molecule has 0 amide bonds. The van der Waals surface area contributed by atoms with Gasteiger partial charge in [-0.25, -0.2) is 0 Å². The van der Waals surface area contributed by atoms with Crippen molar-refractivity contribution >= 4 is 23.8 Å². The van der Waals surface area contributed by atoms with E-state index < -0.39 is 11.9 Å². The van der Waals surface area contributed by atoms with E-state index in [2.05, 4.69) is 0 Å². The number of carboxylic acids is 2. The third kappa shape index (κ3) is 6.36. The fraction of sp³-hybridized carbons (Fsp3) is 0. The second kappa shape index (κ2) is 10.6. The zero-order chi connectivity index (χ0) is 16.1. The zero-order valence-corrected chi connectivity index (χ0v) is 17.3. The minimum atomic E-state index is -1.30. The molecule has 0 aromatic heterocycles. The van der Waals surface area contributed by atoms with Crippen molar-refractivity contribution in [3.05, 3.63) is 76.9 Å². The van der Waals surface area contributed by atoms with Gasteiger partial charge in [0.05, 0.1) is 11.9 Å². The molecule has 0 aliphatic carbocycles. The van der Waals surface area contributed by atoms with Crippen LogP contribution in [-0.4, -0.2) is 17.7 Å². The van der Waals surface area contributed by atoms with Gasteiger partial charge < -0.3 is 19.8 Å². The predicted octanol–water partition coefficient (Wildman–Crippen LogP) is -5.68. The van der Waals surface area contributed by atoms with Crippen LogP contribution in [0.4, 0.5) is 0 Å². The van der Waals surface area contributed by atoms with Crippen LogP contribution in [0, 0.1) is 0 Å². The van der Waals surface area contributed by atoms with Crippen LogP contribution in [0.25, 0.3) is 6.08 Å². The van der Waals surface area contributed by atoms with Crippen LogP contribution in [0.3, 0.4) is 0 Å². The molecule has 0 unspecified atom stereocenters. The maximum absolute atomic E-state index is 11.9. The fourth-order valence-electron chi connectivity index (χ4n) is 1.77. The van der Waals surface area contributed by atoms with Gasteiger partial charge in [0.15, 0.2) is 5.78 Å². The molecule has 7 heteroatoms. The Hall–Kier alpha value is -1.21. The molecule has 2 rings (SSSR count). The Balaban J connectivity index is 0.00000264. The van der Waals surface area contributed by atoms with Crippen LogP contribution in [0.5, 0.6) is 0 Å². The van der Waals surface area contributed by atoms with Crippen LogP contribution in [0.1, 0.15) is 36.6 Å². The Morgan fingerprint density at radius 2 is 1.04 bits per heavy atom. The molecule has 0 aliphatic rings. The Morgan fingerprint density at radius 3 is 1.46 bits per heavy atom. The van der Waals surface area contributed by atoms with Crippen molar-refractivity contribution in [2.24, 2.45) is 0 Å². The largest absolute Gasteiger partial charge is 1.00 e. The topological polar surface area (TPSA) is 97.3 Å². The SMILES string of the molecule is O=C([O-])c1ccc(C=CC(=O)c2ccc(C(=O)[O-])cc2)cc1.[Na+].[Na+]. The van der Waals surface area contributed by atoms with Crippen LogP contribution in [-0.2, 0) is 0 Å². The molecule has 0 atom stereocenters. The molecule has 0 spiro atoms. The molecule has 0 fully saturated rings. The first-order valence-corrected chi connectivity index (χ1v) is 6.32. The summed E-state index contributed by atoms with van der Waals surface area (Å²) < 4.78 is 0. The van der Waals surface area contributed by atoms with Gasteiger partial charge >= 0.3 is 59.1 Å². The summed E-state index contributed by atoms with van der Waals surface area (Å²) in [5, 5.41) is 21.2. The number of benzene rings is 2. The quantitative estimate of drug-likeness (QED) is 0.307. The number of carboxylic acid groups (broad SMARTS) is 2. The number of carbonyl (C=O) groups is 3. The van der Waals surface area contributed by atoms with E-state index in [1.54, 1.807) is 12.1 Å². The zero-order valence-electron chi connectivity index (χ0n) is 13.3. The summed E-state index contributed by atoms with van der Waals surface area (Å²) in [5.74, 6) is -2.86. The van der Waals surface area contributed by atoms with Gasteiger partial charge in [-0.05, 0) is 22.8 Å². The Labute approximate surface area is 183 Å². The second-order valence-electron chi connectivity index (χ2n) is 4.47. The van der Waals surface area contributed by atoms with Crippen molar-refractivity contribution in [3.63, 3.8) is 0 Å². The summed E-state index contributed by atoms with van der Waals surface area (Å²) in [6, 6.07) is 11.3. The Kier molecular flexibility index (Phi) is 10.1. The van der Waals surface area contributed by atoms with E-state index in [0.717, 1.165) is 0 Å². The molecular formula is C17H10Na2O5.